The predicted molar refractivity (Wildman–Crippen MR) is 266 cm³/mol. The molecular formula is C56H48N6O12. The molecule has 74 heavy (non-hydrogen) atoms. The Morgan fingerprint density at radius 2 is 1.50 bits per heavy atom. The standard InChI is InChI=1S/C56H48N6O12/c1-71-44-29-38-25-27-59(31-39(38)30-45(44)72-2)51(64)46-48-52(65)74-49(36-13-7-4-8-14-36)47(35-11-5-3-6-12-35)61(48)50(37-18-22-41(63)23-19-37)56(46)42-28-33(10-9-26-58-54(57)67)17-24-43(42)60(53(56)66)55(68)73-32-34-15-20-40(21-16-34)62(69)70/h3-8,11-24,28-30,46-50,63H,25-27,31-32H2,1-2H3,(H3,57,58,67)/t46-,47-,48-,49+,50+,56-/m1/s1. The second-order valence-electron chi connectivity index (χ2n) is 18.2. The number of carbonyl (C=O) groups excluding carboxylic acids is 5. The number of anilines is 1. The van der Waals surface area contributed by atoms with Crippen LogP contribution >= 0.6 is 0 Å². The molecule has 0 saturated carbocycles. The number of cyclic esters (lactones) is 1. The lowest BCUT2D eigenvalue weighted by atomic mass is 9.64. The largest absolute Gasteiger partial charge is 0.508 e. The van der Waals surface area contributed by atoms with Gasteiger partial charge in [0.25, 0.3) is 5.69 Å². The molecule has 374 valence electrons. The second kappa shape index (κ2) is 19.8. The third kappa shape index (κ3) is 8.41. The van der Waals surface area contributed by atoms with Crippen molar-refractivity contribution in [3.8, 4) is 29.1 Å². The maximum Gasteiger partial charge on any atom is 0.421 e. The van der Waals surface area contributed by atoms with Crippen LogP contribution in [0.4, 0.5) is 21.0 Å². The molecule has 6 aromatic rings. The number of fused-ring (bicyclic) bond motifs is 4. The molecule has 4 aliphatic heterocycles. The van der Waals surface area contributed by atoms with E-state index in [0.29, 0.717) is 45.7 Å². The van der Waals surface area contributed by atoms with Gasteiger partial charge < -0.3 is 40.0 Å². The van der Waals surface area contributed by atoms with Crippen LogP contribution in [0.2, 0.25) is 0 Å². The number of amides is 5. The number of nitro groups is 1. The lowest BCUT2D eigenvalue weighted by Gasteiger charge is -2.46. The van der Waals surface area contributed by atoms with Gasteiger partial charge in [-0.05, 0) is 100.0 Å². The normalized spacial score (nSPS) is 21.6. The third-order valence-electron chi connectivity index (χ3n) is 14.2. The highest BCUT2D eigenvalue weighted by Gasteiger charge is 2.76. The molecule has 0 bridgehead atoms. The summed E-state index contributed by atoms with van der Waals surface area (Å²) in [6.45, 7) is -0.333. The first-order chi connectivity index (χ1) is 35.8. The first kappa shape index (κ1) is 48.4. The van der Waals surface area contributed by atoms with E-state index in [1.165, 1.54) is 56.7 Å². The minimum Gasteiger partial charge on any atom is -0.508 e. The zero-order chi connectivity index (χ0) is 51.8. The Hall–Kier alpha value is -9.21. The van der Waals surface area contributed by atoms with Gasteiger partial charge in [-0.25, -0.2) is 14.5 Å². The summed E-state index contributed by atoms with van der Waals surface area (Å²) >= 11 is 0. The van der Waals surface area contributed by atoms with Gasteiger partial charge in [-0.1, -0.05) is 84.6 Å². The van der Waals surface area contributed by atoms with Crippen LogP contribution in [0, 0.1) is 27.9 Å². The molecule has 6 atom stereocenters. The van der Waals surface area contributed by atoms with Crippen molar-refractivity contribution in [2.24, 2.45) is 11.7 Å². The molecule has 6 aromatic carbocycles. The average molecular weight is 997 g/mol. The zero-order valence-electron chi connectivity index (χ0n) is 40.0. The van der Waals surface area contributed by atoms with Gasteiger partial charge in [0, 0.05) is 30.8 Å². The number of esters is 1. The summed E-state index contributed by atoms with van der Waals surface area (Å²) in [5.74, 6) is 2.83. The molecular weight excluding hydrogens is 949 g/mol. The van der Waals surface area contributed by atoms with E-state index in [0.717, 1.165) is 16.0 Å². The maximum atomic E-state index is 16.7. The SMILES string of the molecule is COc1cc2c(cc1OC)CN(C(=O)[C@H]1[C@@H]3C(=O)O[C@@H](c4ccccc4)[C@@H](c4ccccc4)N3[C@@H](c3ccc(O)cc3)[C@]13C(=O)N(C(=O)OCc1ccc([N+](=O)[O-])cc1)c1ccc(C#CCNC(N)=O)cc13)CC2. The topological polar surface area (TPSA) is 233 Å². The minimum atomic E-state index is -2.18. The van der Waals surface area contributed by atoms with Crippen LogP contribution in [0.5, 0.6) is 17.2 Å². The van der Waals surface area contributed by atoms with Crippen LogP contribution in [0.15, 0.2) is 140 Å². The number of urea groups is 1. The molecule has 18 heteroatoms. The number of rotatable bonds is 10. The smallest absolute Gasteiger partial charge is 0.421 e. The first-order valence-electron chi connectivity index (χ1n) is 23.6. The third-order valence-corrected chi connectivity index (χ3v) is 14.2. The Morgan fingerprint density at radius 1 is 0.838 bits per heavy atom. The Labute approximate surface area is 424 Å². The maximum absolute atomic E-state index is 16.7. The van der Waals surface area contributed by atoms with Crippen molar-refractivity contribution in [3.63, 3.8) is 0 Å². The lowest BCUT2D eigenvalue weighted by Crippen LogP contribution is -2.57. The fraction of sp³-hybridized carbons (Fsp3) is 0.232. The number of phenolic OH excluding ortho intramolecular Hbond substituents is 1. The molecule has 2 saturated heterocycles. The quantitative estimate of drug-likeness (QED) is 0.0548. The van der Waals surface area contributed by atoms with Gasteiger partial charge in [0.2, 0.25) is 11.8 Å². The van der Waals surface area contributed by atoms with Crippen molar-refractivity contribution in [3.05, 3.63) is 194 Å². The summed E-state index contributed by atoms with van der Waals surface area (Å²) < 4.78 is 23.8. The summed E-state index contributed by atoms with van der Waals surface area (Å²) in [4.78, 5) is 90.5. The molecule has 0 radical (unpaired) electrons. The number of hydrogen-bond donors (Lipinski definition) is 3. The number of morpholine rings is 1. The predicted octanol–water partition coefficient (Wildman–Crippen LogP) is 6.92. The number of non-ortho nitro benzene ring substituents is 1. The van der Waals surface area contributed by atoms with E-state index in [2.05, 4.69) is 17.2 Å². The van der Waals surface area contributed by atoms with E-state index in [-0.39, 0.29) is 42.3 Å². The van der Waals surface area contributed by atoms with Crippen molar-refractivity contribution >= 4 is 41.3 Å². The number of nitro benzene ring substituents is 1. The van der Waals surface area contributed by atoms with E-state index < -0.39 is 77.0 Å². The van der Waals surface area contributed by atoms with Crippen molar-refractivity contribution in [1.29, 1.82) is 0 Å². The highest BCUT2D eigenvalue weighted by molar-refractivity contribution is 6.23. The molecule has 1 spiro atoms. The van der Waals surface area contributed by atoms with Gasteiger partial charge in [0.1, 0.15) is 29.9 Å². The van der Waals surface area contributed by atoms with Crippen LogP contribution in [0.3, 0.4) is 0 Å². The Bertz CT molecular complexity index is 3270. The summed E-state index contributed by atoms with van der Waals surface area (Å²) in [7, 11) is 3.04. The van der Waals surface area contributed by atoms with Crippen LogP contribution < -0.4 is 25.4 Å². The van der Waals surface area contributed by atoms with Gasteiger partial charge >= 0.3 is 18.1 Å². The monoisotopic (exact) mass is 996 g/mol. The van der Waals surface area contributed by atoms with Gasteiger partial charge in [-0.2, -0.15) is 0 Å². The van der Waals surface area contributed by atoms with Crippen molar-refractivity contribution in [2.75, 3.05) is 32.2 Å². The van der Waals surface area contributed by atoms with Crippen molar-refractivity contribution in [1.82, 2.24) is 15.1 Å². The lowest BCUT2D eigenvalue weighted by molar-refractivity contribution is -0.384. The number of ether oxygens (including phenoxy) is 4. The first-order valence-corrected chi connectivity index (χ1v) is 23.6. The van der Waals surface area contributed by atoms with E-state index in [4.69, 9.17) is 24.7 Å². The number of primary amides is 1. The molecule has 0 unspecified atom stereocenters. The molecule has 0 aromatic heterocycles. The van der Waals surface area contributed by atoms with Gasteiger partial charge in [0.05, 0.1) is 49.4 Å². The highest BCUT2D eigenvalue weighted by atomic mass is 16.6. The molecule has 4 N–H and O–H groups in total. The second-order valence-corrected chi connectivity index (χ2v) is 18.2. The number of nitrogens with one attached hydrogen (secondary N) is 1. The number of hydrogen-bond acceptors (Lipinski definition) is 13. The molecule has 10 rings (SSSR count). The van der Waals surface area contributed by atoms with Gasteiger partial charge in [-0.3, -0.25) is 29.4 Å². The minimum absolute atomic E-state index is 0.0380. The fourth-order valence-corrected chi connectivity index (χ4v) is 11.1. The summed E-state index contributed by atoms with van der Waals surface area (Å²) in [6, 6.07) is 33.9. The summed E-state index contributed by atoms with van der Waals surface area (Å²) in [5, 5.41) is 24.7. The molecule has 4 heterocycles. The number of aromatic hydroxyl groups is 1. The number of methoxy groups -OCH3 is 2. The molecule has 4 aliphatic rings. The number of nitrogens with two attached hydrogens (primary N) is 1. The number of imide groups is 1. The highest BCUT2D eigenvalue weighted by Crippen LogP contribution is 2.66. The Morgan fingerprint density at radius 3 is 2.15 bits per heavy atom. The molecule has 18 nitrogen and oxygen atoms in total. The van der Waals surface area contributed by atoms with Crippen LogP contribution in [-0.4, -0.2) is 83.1 Å². The van der Waals surface area contributed by atoms with Gasteiger partial charge in [0.15, 0.2) is 11.5 Å². The summed E-state index contributed by atoms with van der Waals surface area (Å²) in [6.07, 6.45) is -1.76. The van der Waals surface area contributed by atoms with Crippen LogP contribution in [0.1, 0.15) is 62.7 Å². The number of nitrogens with zero attached hydrogens (tertiary/aromatic N) is 4. The number of phenols is 1. The molecule has 5 amide bonds. The number of benzene rings is 6. The van der Waals surface area contributed by atoms with Crippen molar-refractivity contribution in [2.45, 2.75) is 49.2 Å². The van der Waals surface area contributed by atoms with Crippen molar-refractivity contribution < 1.29 is 52.9 Å². The van der Waals surface area contributed by atoms with E-state index >= 15 is 14.4 Å². The fourth-order valence-electron chi connectivity index (χ4n) is 11.1. The number of carbonyl (C=O) groups is 5. The van der Waals surface area contributed by atoms with Gasteiger partial charge in [-0.15, -0.1) is 0 Å². The van der Waals surface area contributed by atoms with Crippen LogP contribution in [0.25, 0.3) is 0 Å². The van der Waals surface area contributed by atoms with E-state index in [1.807, 2.05) is 71.6 Å². The average Bonchev–Trinajstić information content (AvgIpc) is 4.03. The zero-order valence-corrected chi connectivity index (χ0v) is 40.0. The van der Waals surface area contributed by atoms with Crippen LogP contribution in [-0.2, 0) is 48.8 Å². The summed E-state index contributed by atoms with van der Waals surface area (Å²) in [5.41, 5.74) is 7.26. The Balaban J connectivity index is 1.22. The molecule has 2 fully saturated rings. The Kier molecular flexibility index (Phi) is 12.9. The molecule has 0 aliphatic carbocycles. The van der Waals surface area contributed by atoms with E-state index in [1.54, 1.807) is 35.2 Å². The van der Waals surface area contributed by atoms with E-state index in [9.17, 15) is 24.8 Å².